The first-order chi connectivity index (χ1) is 18.4. The summed E-state index contributed by atoms with van der Waals surface area (Å²) in [5.41, 5.74) is 9.09. The third-order valence-corrected chi connectivity index (χ3v) is 7.52. The lowest BCUT2D eigenvalue weighted by molar-refractivity contribution is 0.828. The van der Waals surface area contributed by atoms with Crippen LogP contribution in [-0.4, -0.2) is 22.0 Å². The lowest BCUT2D eigenvalue weighted by atomic mass is 9.91. The third kappa shape index (κ3) is 3.97. The molecular weight excluding hydrogens is 464 g/mol. The Labute approximate surface area is 224 Å². The normalized spacial score (nSPS) is 11.8. The Kier molecular flexibility index (Phi) is 6.03. The molecule has 0 aliphatic rings. The molecule has 0 bridgehead atoms. The van der Waals surface area contributed by atoms with Gasteiger partial charge in [-0.1, -0.05) is 70.2 Å². The maximum absolute atomic E-state index is 5.32. The van der Waals surface area contributed by atoms with Gasteiger partial charge in [-0.05, 0) is 58.7 Å². The van der Waals surface area contributed by atoms with Crippen LogP contribution in [0.2, 0.25) is 0 Å². The molecule has 0 aliphatic heterocycles. The molecule has 38 heavy (non-hydrogen) atoms. The number of fused-ring (bicyclic) bond motifs is 4. The monoisotopic (exact) mass is 496 g/mol. The quantitative estimate of drug-likeness (QED) is 0.223. The highest BCUT2D eigenvalue weighted by Crippen LogP contribution is 2.41. The van der Waals surface area contributed by atoms with Gasteiger partial charge in [-0.15, -0.1) is 0 Å². The van der Waals surface area contributed by atoms with Crippen molar-refractivity contribution >= 4 is 44.0 Å². The summed E-state index contributed by atoms with van der Waals surface area (Å²) < 4.78 is 0. The Balaban J connectivity index is 1.59. The van der Waals surface area contributed by atoms with Crippen molar-refractivity contribution in [1.82, 2.24) is 15.0 Å². The van der Waals surface area contributed by atoms with Gasteiger partial charge in [0.25, 0.3) is 0 Å². The second kappa shape index (κ2) is 9.53. The molecule has 4 nitrogen and oxygen atoms in total. The van der Waals surface area contributed by atoms with Gasteiger partial charge in [0, 0.05) is 53.0 Å². The zero-order valence-electron chi connectivity index (χ0n) is 22.6. The number of anilines is 2. The highest BCUT2D eigenvalue weighted by Gasteiger charge is 2.20. The number of hydrogen-bond acceptors (Lipinski definition) is 4. The molecule has 0 fully saturated rings. The average molecular weight is 497 g/mol. The minimum absolute atomic E-state index is 0.413. The van der Waals surface area contributed by atoms with Gasteiger partial charge in [-0.3, -0.25) is 9.97 Å². The van der Waals surface area contributed by atoms with E-state index in [0.717, 1.165) is 49.5 Å². The van der Waals surface area contributed by atoms with Crippen molar-refractivity contribution in [2.24, 2.45) is 0 Å². The predicted molar refractivity (Wildman–Crippen MR) is 160 cm³/mol. The van der Waals surface area contributed by atoms with Crippen LogP contribution in [0.1, 0.15) is 50.7 Å². The van der Waals surface area contributed by atoms with Crippen molar-refractivity contribution in [2.45, 2.75) is 39.5 Å². The molecule has 6 rings (SSSR count). The molecule has 3 aromatic carbocycles. The number of nitrogens with zero attached hydrogens (tertiary/aromatic N) is 4. The molecule has 0 saturated carbocycles. The summed E-state index contributed by atoms with van der Waals surface area (Å²) in [5.74, 6) is 0.826. The van der Waals surface area contributed by atoms with Gasteiger partial charge in [0.05, 0.1) is 22.4 Å². The Morgan fingerprint density at radius 2 is 1.42 bits per heavy atom. The zero-order valence-corrected chi connectivity index (χ0v) is 22.6. The molecule has 0 N–H and O–H groups in total. The Morgan fingerprint density at radius 3 is 2.18 bits per heavy atom. The average Bonchev–Trinajstić information content (AvgIpc) is 2.95. The topological polar surface area (TPSA) is 41.9 Å². The molecule has 3 heterocycles. The SMILES string of the molecule is CC(C)c1cccc(C(C)C)c1N(C)c1cccc2ccc(-c3cc4cccnc4c4cnccc34)nc12. The Morgan fingerprint density at radius 1 is 0.684 bits per heavy atom. The van der Waals surface area contributed by atoms with E-state index in [1.807, 2.05) is 24.7 Å². The van der Waals surface area contributed by atoms with Gasteiger partial charge in [0.2, 0.25) is 0 Å². The first-order valence-corrected chi connectivity index (χ1v) is 13.3. The molecule has 0 spiro atoms. The van der Waals surface area contributed by atoms with Crippen LogP contribution >= 0.6 is 0 Å². The van der Waals surface area contributed by atoms with E-state index in [9.17, 15) is 0 Å². The molecular formula is C34H32N4. The van der Waals surface area contributed by atoms with Crippen molar-refractivity contribution in [3.63, 3.8) is 0 Å². The standard InChI is InChI=1S/C34H32N4/c1-21(2)25-11-7-12-26(22(3)4)34(25)38(5)31-13-6-9-23-14-15-30(37-33(23)31)28-19-24-10-8-17-36-32(24)29-20-35-18-16-27(28)29/h6-22H,1-5H3. The Bertz CT molecular complexity index is 1780. The van der Waals surface area contributed by atoms with E-state index in [1.165, 1.54) is 16.8 Å². The van der Waals surface area contributed by atoms with E-state index < -0.39 is 0 Å². The van der Waals surface area contributed by atoms with Crippen LogP contribution in [-0.2, 0) is 0 Å². The van der Waals surface area contributed by atoms with Gasteiger partial charge in [-0.25, -0.2) is 4.98 Å². The molecule has 0 saturated heterocycles. The van der Waals surface area contributed by atoms with Crippen molar-refractivity contribution in [1.29, 1.82) is 0 Å². The van der Waals surface area contributed by atoms with Crippen molar-refractivity contribution in [3.05, 3.63) is 103 Å². The highest BCUT2D eigenvalue weighted by atomic mass is 15.1. The minimum Gasteiger partial charge on any atom is -0.342 e. The molecule has 3 aromatic heterocycles. The summed E-state index contributed by atoms with van der Waals surface area (Å²) >= 11 is 0. The molecule has 0 aliphatic carbocycles. The van der Waals surface area contributed by atoms with Gasteiger partial charge in [-0.2, -0.15) is 0 Å². The van der Waals surface area contributed by atoms with E-state index in [4.69, 9.17) is 4.98 Å². The Hall–Kier alpha value is -4.31. The van der Waals surface area contributed by atoms with Crippen molar-refractivity contribution < 1.29 is 0 Å². The lowest BCUT2D eigenvalue weighted by Crippen LogP contribution is -2.16. The van der Waals surface area contributed by atoms with Crippen LogP contribution in [0.25, 0.3) is 43.8 Å². The minimum atomic E-state index is 0.413. The lowest BCUT2D eigenvalue weighted by Gasteiger charge is -2.29. The third-order valence-electron chi connectivity index (χ3n) is 7.52. The fourth-order valence-electron chi connectivity index (χ4n) is 5.59. The largest absolute Gasteiger partial charge is 0.342 e. The summed E-state index contributed by atoms with van der Waals surface area (Å²) in [6.45, 7) is 9.07. The molecule has 0 unspecified atom stereocenters. The van der Waals surface area contributed by atoms with Gasteiger partial charge < -0.3 is 4.90 Å². The molecule has 0 amide bonds. The molecule has 0 radical (unpaired) electrons. The van der Waals surface area contributed by atoms with E-state index in [0.29, 0.717) is 11.8 Å². The fourth-order valence-corrected chi connectivity index (χ4v) is 5.59. The van der Waals surface area contributed by atoms with E-state index in [1.54, 1.807) is 0 Å². The van der Waals surface area contributed by atoms with Crippen LogP contribution < -0.4 is 4.90 Å². The maximum Gasteiger partial charge on any atom is 0.0946 e. The predicted octanol–water partition coefficient (Wildman–Crippen LogP) is 9.01. The van der Waals surface area contributed by atoms with Crippen LogP contribution in [0.5, 0.6) is 0 Å². The fraction of sp³-hybridized carbons (Fsp3) is 0.206. The summed E-state index contributed by atoms with van der Waals surface area (Å²) in [7, 11) is 2.18. The van der Waals surface area contributed by atoms with Crippen LogP contribution in [0.15, 0.2) is 91.4 Å². The second-order valence-electron chi connectivity index (χ2n) is 10.6. The number of rotatable bonds is 5. The zero-order chi connectivity index (χ0) is 26.4. The second-order valence-corrected chi connectivity index (χ2v) is 10.6. The summed E-state index contributed by atoms with van der Waals surface area (Å²) in [6, 6.07) is 25.8. The number of pyridine rings is 3. The molecule has 188 valence electrons. The van der Waals surface area contributed by atoms with Crippen LogP contribution in [0.3, 0.4) is 0 Å². The van der Waals surface area contributed by atoms with Crippen LogP contribution in [0.4, 0.5) is 11.4 Å². The van der Waals surface area contributed by atoms with E-state index >= 15 is 0 Å². The number of hydrogen-bond donors (Lipinski definition) is 0. The van der Waals surface area contributed by atoms with E-state index in [2.05, 4.69) is 116 Å². The first kappa shape index (κ1) is 24.1. The van der Waals surface area contributed by atoms with E-state index in [-0.39, 0.29) is 0 Å². The number of benzene rings is 3. The maximum atomic E-state index is 5.32. The summed E-state index contributed by atoms with van der Waals surface area (Å²) in [6.07, 6.45) is 5.59. The summed E-state index contributed by atoms with van der Waals surface area (Å²) in [5, 5.41) is 4.36. The molecule has 0 atom stereocenters. The van der Waals surface area contributed by atoms with Crippen molar-refractivity contribution in [2.75, 3.05) is 11.9 Å². The van der Waals surface area contributed by atoms with Gasteiger partial charge in [0.1, 0.15) is 0 Å². The smallest absolute Gasteiger partial charge is 0.0946 e. The van der Waals surface area contributed by atoms with Crippen molar-refractivity contribution in [3.8, 4) is 11.3 Å². The molecule has 4 heteroatoms. The number of para-hydroxylation sites is 2. The van der Waals surface area contributed by atoms with Gasteiger partial charge >= 0.3 is 0 Å². The first-order valence-electron chi connectivity index (χ1n) is 13.3. The van der Waals surface area contributed by atoms with Crippen LogP contribution in [0, 0.1) is 0 Å². The number of aromatic nitrogens is 3. The summed E-state index contributed by atoms with van der Waals surface area (Å²) in [4.78, 5) is 16.7. The molecule has 6 aromatic rings. The van der Waals surface area contributed by atoms with Gasteiger partial charge in [0.15, 0.2) is 0 Å². The highest BCUT2D eigenvalue weighted by molar-refractivity contribution is 6.11.